The van der Waals surface area contributed by atoms with Crippen molar-refractivity contribution in [2.45, 2.75) is 25.8 Å². The summed E-state index contributed by atoms with van der Waals surface area (Å²) in [5.74, 6) is -0.420. The van der Waals surface area contributed by atoms with Crippen LogP contribution in [0.4, 0.5) is 0 Å². The molecule has 21 heavy (non-hydrogen) atoms. The summed E-state index contributed by atoms with van der Waals surface area (Å²) in [6.45, 7) is 2.69. The Morgan fingerprint density at radius 3 is 3.05 bits per heavy atom. The van der Waals surface area contributed by atoms with E-state index >= 15 is 0 Å². The van der Waals surface area contributed by atoms with Crippen molar-refractivity contribution in [3.05, 3.63) is 30.0 Å². The fraction of sp³-hybridized carbons (Fsp3) is 0.500. The van der Waals surface area contributed by atoms with Crippen LogP contribution in [-0.2, 0) is 18.4 Å². The second-order valence-electron chi connectivity index (χ2n) is 5.93. The number of para-hydroxylation sites is 1. The molecule has 0 saturated carbocycles. The molecule has 0 bridgehead atoms. The average molecular weight is 287 g/mol. The molecule has 2 heterocycles. The van der Waals surface area contributed by atoms with Crippen molar-refractivity contribution in [3.8, 4) is 0 Å². The maximum absolute atomic E-state index is 10.9. The largest absolute Gasteiger partial charge is 0.481 e. The van der Waals surface area contributed by atoms with Crippen molar-refractivity contribution in [2.24, 2.45) is 13.0 Å². The molecule has 1 aromatic heterocycles. The normalized spacial score (nSPS) is 20.0. The van der Waals surface area contributed by atoms with Crippen molar-refractivity contribution in [1.82, 2.24) is 14.7 Å². The highest BCUT2D eigenvalue weighted by Gasteiger charge is 2.23. The van der Waals surface area contributed by atoms with Crippen LogP contribution in [0.5, 0.6) is 0 Å². The average Bonchev–Trinajstić information content (AvgIpc) is 2.76. The molecule has 0 spiro atoms. The van der Waals surface area contributed by atoms with Gasteiger partial charge in [0, 0.05) is 31.9 Å². The van der Waals surface area contributed by atoms with Crippen LogP contribution in [0, 0.1) is 5.92 Å². The highest BCUT2D eigenvalue weighted by atomic mass is 16.4. The molecule has 1 aliphatic rings. The highest BCUT2D eigenvalue weighted by molar-refractivity contribution is 5.81. The van der Waals surface area contributed by atoms with Gasteiger partial charge in [0.1, 0.15) is 0 Å². The van der Waals surface area contributed by atoms with E-state index in [-0.39, 0.29) is 12.3 Å². The Hall–Kier alpha value is -1.88. The van der Waals surface area contributed by atoms with Gasteiger partial charge in [0.25, 0.3) is 0 Å². The number of likely N-dealkylation sites (tertiary alicyclic amines) is 1. The number of carboxylic acids is 1. The zero-order chi connectivity index (χ0) is 14.8. The van der Waals surface area contributed by atoms with Crippen LogP contribution in [-0.4, -0.2) is 38.8 Å². The quantitative estimate of drug-likeness (QED) is 0.937. The molecule has 1 aromatic carbocycles. The second-order valence-corrected chi connectivity index (χ2v) is 5.93. The van der Waals surface area contributed by atoms with Gasteiger partial charge in [0.05, 0.1) is 11.2 Å². The lowest BCUT2D eigenvalue weighted by atomic mass is 9.95. The Labute approximate surface area is 124 Å². The fourth-order valence-corrected chi connectivity index (χ4v) is 3.33. The Kier molecular flexibility index (Phi) is 3.92. The van der Waals surface area contributed by atoms with Gasteiger partial charge >= 0.3 is 5.97 Å². The van der Waals surface area contributed by atoms with Gasteiger partial charge < -0.3 is 5.11 Å². The Morgan fingerprint density at radius 2 is 2.24 bits per heavy atom. The number of hydrogen-bond acceptors (Lipinski definition) is 3. The molecular weight excluding hydrogens is 266 g/mol. The van der Waals surface area contributed by atoms with Gasteiger partial charge in [0.15, 0.2) is 0 Å². The molecule has 1 atom stereocenters. The van der Waals surface area contributed by atoms with Crippen molar-refractivity contribution >= 4 is 16.9 Å². The molecule has 1 aliphatic heterocycles. The van der Waals surface area contributed by atoms with Crippen LogP contribution < -0.4 is 0 Å². The minimum Gasteiger partial charge on any atom is -0.481 e. The summed E-state index contributed by atoms with van der Waals surface area (Å²) in [6.07, 6.45) is 2.37. The summed E-state index contributed by atoms with van der Waals surface area (Å²) in [5.41, 5.74) is 2.23. The van der Waals surface area contributed by atoms with E-state index in [9.17, 15) is 4.79 Å². The van der Waals surface area contributed by atoms with Crippen molar-refractivity contribution < 1.29 is 9.90 Å². The number of hydrogen-bond donors (Lipinski definition) is 1. The van der Waals surface area contributed by atoms with E-state index in [4.69, 9.17) is 5.11 Å². The summed E-state index contributed by atoms with van der Waals surface area (Å²) in [6, 6.07) is 8.25. The molecule has 2 aromatic rings. The van der Waals surface area contributed by atoms with E-state index in [1.807, 2.05) is 23.9 Å². The van der Waals surface area contributed by atoms with Crippen LogP contribution >= 0.6 is 0 Å². The number of aryl methyl sites for hydroxylation is 1. The Balaban J connectivity index is 1.74. The monoisotopic (exact) mass is 287 g/mol. The SMILES string of the molecule is Cn1nc(CN2CCCC(CC(=O)O)C2)c2ccccc21. The predicted molar refractivity (Wildman–Crippen MR) is 81.0 cm³/mol. The third-order valence-electron chi connectivity index (χ3n) is 4.27. The maximum atomic E-state index is 10.9. The van der Waals surface area contributed by atoms with Crippen molar-refractivity contribution in [2.75, 3.05) is 13.1 Å². The fourth-order valence-electron chi connectivity index (χ4n) is 3.33. The Morgan fingerprint density at radius 1 is 1.43 bits per heavy atom. The molecule has 112 valence electrons. The van der Waals surface area contributed by atoms with E-state index < -0.39 is 5.97 Å². The molecule has 1 fully saturated rings. The van der Waals surface area contributed by atoms with Gasteiger partial charge in [0.2, 0.25) is 0 Å². The molecule has 3 rings (SSSR count). The molecule has 1 N–H and O–H groups in total. The number of nitrogens with zero attached hydrogens (tertiary/aromatic N) is 3. The lowest BCUT2D eigenvalue weighted by Gasteiger charge is -2.31. The van der Waals surface area contributed by atoms with Gasteiger partial charge in [-0.15, -0.1) is 0 Å². The number of rotatable bonds is 4. The molecular formula is C16H21N3O2. The number of aromatic nitrogens is 2. The summed E-state index contributed by atoms with van der Waals surface area (Å²) in [5, 5.41) is 14.8. The second kappa shape index (κ2) is 5.85. The molecule has 1 saturated heterocycles. The summed E-state index contributed by atoms with van der Waals surface area (Å²) in [7, 11) is 1.97. The maximum Gasteiger partial charge on any atom is 0.303 e. The number of piperidine rings is 1. The number of carbonyl (C=O) groups is 1. The van der Waals surface area contributed by atoms with Crippen molar-refractivity contribution in [1.29, 1.82) is 0 Å². The summed E-state index contributed by atoms with van der Waals surface area (Å²) in [4.78, 5) is 13.2. The number of fused-ring (bicyclic) bond motifs is 1. The van der Waals surface area contributed by atoms with Gasteiger partial charge in [-0.2, -0.15) is 5.10 Å². The zero-order valence-corrected chi connectivity index (χ0v) is 12.3. The lowest BCUT2D eigenvalue weighted by molar-refractivity contribution is -0.138. The zero-order valence-electron chi connectivity index (χ0n) is 12.3. The third kappa shape index (κ3) is 3.08. The first-order valence-electron chi connectivity index (χ1n) is 7.48. The smallest absolute Gasteiger partial charge is 0.303 e. The van der Waals surface area contributed by atoms with Crippen LogP contribution in [0.15, 0.2) is 24.3 Å². The van der Waals surface area contributed by atoms with Gasteiger partial charge in [-0.25, -0.2) is 0 Å². The predicted octanol–water partition coefficient (Wildman–Crippen LogP) is 2.26. The first-order valence-corrected chi connectivity index (χ1v) is 7.48. The number of aliphatic carboxylic acids is 1. The molecule has 5 heteroatoms. The van der Waals surface area contributed by atoms with Crippen LogP contribution in [0.1, 0.15) is 25.0 Å². The standard InChI is InChI=1S/C16H21N3O2/c1-18-15-7-3-2-6-13(15)14(17-18)11-19-8-4-5-12(10-19)9-16(20)21/h2-3,6-7,12H,4-5,8-11H2,1H3,(H,20,21). The molecule has 0 aliphatic carbocycles. The van der Waals surface area contributed by atoms with Gasteiger partial charge in [-0.3, -0.25) is 14.4 Å². The molecule has 0 amide bonds. The van der Waals surface area contributed by atoms with Gasteiger partial charge in [-0.1, -0.05) is 18.2 Å². The van der Waals surface area contributed by atoms with Crippen molar-refractivity contribution in [3.63, 3.8) is 0 Å². The van der Waals surface area contributed by atoms with E-state index in [1.165, 1.54) is 5.39 Å². The third-order valence-corrected chi connectivity index (χ3v) is 4.27. The number of carboxylic acid groups (broad SMARTS) is 1. The minimum absolute atomic E-state index is 0.270. The van der Waals surface area contributed by atoms with E-state index in [0.717, 1.165) is 43.7 Å². The van der Waals surface area contributed by atoms with E-state index in [0.29, 0.717) is 0 Å². The Bertz CT molecular complexity index is 650. The summed E-state index contributed by atoms with van der Waals surface area (Å²) >= 11 is 0. The molecule has 5 nitrogen and oxygen atoms in total. The topological polar surface area (TPSA) is 58.4 Å². The van der Waals surface area contributed by atoms with Crippen LogP contribution in [0.25, 0.3) is 10.9 Å². The summed E-state index contributed by atoms with van der Waals surface area (Å²) < 4.78 is 1.92. The van der Waals surface area contributed by atoms with E-state index in [2.05, 4.69) is 22.1 Å². The van der Waals surface area contributed by atoms with E-state index in [1.54, 1.807) is 0 Å². The van der Waals surface area contributed by atoms with Crippen LogP contribution in [0.2, 0.25) is 0 Å². The highest BCUT2D eigenvalue weighted by Crippen LogP contribution is 2.24. The molecule has 1 unspecified atom stereocenters. The van der Waals surface area contributed by atoms with Crippen LogP contribution in [0.3, 0.4) is 0 Å². The first-order chi connectivity index (χ1) is 10.1. The molecule has 0 radical (unpaired) electrons. The van der Waals surface area contributed by atoms with Gasteiger partial charge in [-0.05, 0) is 31.4 Å². The minimum atomic E-state index is -0.690. The lowest BCUT2D eigenvalue weighted by Crippen LogP contribution is -2.35. The number of benzene rings is 1. The first kappa shape index (κ1) is 14.1.